The minimum absolute atomic E-state index is 0.101. The van der Waals surface area contributed by atoms with Crippen LogP contribution in [0.3, 0.4) is 0 Å². The van der Waals surface area contributed by atoms with Gasteiger partial charge in [0.15, 0.2) is 5.11 Å². The zero-order chi connectivity index (χ0) is 23.8. The van der Waals surface area contributed by atoms with Gasteiger partial charge >= 0.3 is 0 Å². The van der Waals surface area contributed by atoms with Gasteiger partial charge in [-0.15, -0.1) is 0 Å². The van der Waals surface area contributed by atoms with Crippen molar-refractivity contribution in [3.63, 3.8) is 0 Å². The second-order valence-electron chi connectivity index (χ2n) is 8.01. The number of anilines is 1. The maximum atomic E-state index is 12.8. The predicted octanol–water partition coefficient (Wildman–Crippen LogP) is 4.64. The number of likely N-dealkylation sites (N-methyl/N-ethyl adjacent to an activating group) is 1. The molecule has 0 bridgehead atoms. The summed E-state index contributed by atoms with van der Waals surface area (Å²) in [5.41, 5.74) is 3.58. The third-order valence-electron chi connectivity index (χ3n) is 5.97. The average Bonchev–Trinajstić information content (AvgIpc) is 2.84. The highest BCUT2D eigenvalue weighted by Crippen LogP contribution is 2.19. The molecule has 3 aromatic rings. The van der Waals surface area contributed by atoms with Gasteiger partial charge in [-0.25, -0.2) is 0 Å². The van der Waals surface area contributed by atoms with Crippen LogP contribution in [0.5, 0.6) is 5.75 Å². The van der Waals surface area contributed by atoms with Crippen LogP contribution in [-0.4, -0.2) is 53.2 Å². The molecule has 0 amide bonds. The Hall–Kier alpha value is -2.90. The first kappa shape index (κ1) is 24.7. The van der Waals surface area contributed by atoms with Crippen molar-refractivity contribution in [2.45, 2.75) is 33.7 Å². The van der Waals surface area contributed by atoms with Crippen molar-refractivity contribution in [1.29, 1.82) is 0 Å². The zero-order valence-corrected chi connectivity index (χ0v) is 20.8. The lowest BCUT2D eigenvalue weighted by molar-refractivity contribution is 0.266. The van der Waals surface area contributed by atoms with Crippen LogP contribution in [0.25, 0.3) is 10.9 Å². The van der Waals surface area contributed by atoms with Crippen LogP contribution >= 0.6 is 12.2 Å². The Balaban J connectivity index is 1.85. The number of methoxy groups -OCH3 is 1. The fourth-order valence-corrected chi connectivity index (χ4v) is 4.03. The molecule has 1 aromatic heterocycles. The van der Waals surface area contributed by atoms with Crippen molar-refractivity contribution in [1.82, 2.24) is 14.8 Å². The Morgan fingerprint density at radius 3 is 2.39 bits per heavy atom. The number of aromatic nitrogens is 1. The Morgan fingerprint density at radius 1 is 1.03 bits per heavy atom. The van der Waals surface area contributed by atoms with E-state index >= 15 is 0 Å². The standard InChI is InChI=1S/C26H34N4O2S/c1-5-19-8-10-22(11-9-19)27-26(33)30(15-14-29(6-2)7-3)18-21-16-20-17-23(32-4)12-13-24(20)28-25(21)31/h8-13,16-17H,5-7,14-15,18H2,1-4H3,(H,27,33)(H,28,31). The van der Waals surface area contributed by atoms with Crippen molar-refractivity contribution in [2.24, 2.45) is 0 Å². The van der Waals surface area contributed by atoms with Crippen LogP contribution in [0.2, 0.25) is 0 Å². The molecule has 1 heterocycles. The summed E-state index contributed by atoms with van der Waals surface area (Å²) in [7, 11) is 1.64. The third-order valence-corrected chi connectivity index (χ3v) is 6.33. The SMILES string of the molecule is CCc1ccc(NC(=S)N(CCN(CC)CC)Cc2cc3cc(OC)ccc3[nH]c2=O)cc1. The number of aromatic amines is 1. The first-order chi connectivity index (χ1) is 16.0. The van der Waals surface area contributed by atoms with Gasteiger partial charge < -0.3 is 24.8 Å². The van der Waals surface area contributed by atoms with E-state index in [1.807, 2.05) is 36.4 Å². The van der Waals surface area contributed by atoms with Gasteiger partial charge in [-0.2, -0.15) is 0 Å². The van der Waals surface area contributed by atoms with Crippen molar-refractivity contribution in [3.05, 3.63) is 70.0 Å². The van der Waals surface area contributed by atoms with Gasteiger partial charge in [0.1, 0.15) is 5.75 Å². The lowest BCUT2D eigenvalue weighted by atomic mass is 10.1. The molecule has 0 aliphatic heterocycles. The molecule has 0 saturated carbocycles. The van der Waals surface area contributed by atoms with Crippen LogP contribution in [0, 0.1) is 0 Å². The Kier molecular flexibility index (Phi) is 8.86. The fourth-order valence-electron chi connectivity index (χ4n) is 3.76. The summed E-state index contributed by atoms with van der Waals surface area (Å²) in [4.78, 5) is 20.2. The van der Waals surface area contributed by atoms with Crippen LogP contribution < -0.4 is 15.6 Å². The number of benzene rings is 2. The molecule has 33 heavy (non-hydrogen) atoms. The lowest BCUT2D eigenvalue weighted by Gasteiger charge is -2.29. The van der Waals surface area contributed by atoms with E-state index in [-0.39, 0.29) is 5.56 Å². The number of hydrogen-bond acceptors (Lipinski definition) is 4. The van der Waals surface area contributed by atoms with Crippen molar-refractivity contribution in [2.75, 3.05) is 38.6 Å². The quantitative estimate of drug-likeness (QED) is 0.425. The second-order valence-corrected chi connectivity index (χ2v) is 8.39. The highest BCUT2D eigenvalue weighted by atomic mass is 32.1. The van der Waals surface area contributed by atoms with E-state index in [2.05, 4.69) is 53.0 Å². The third kappa shape index (κ3) is 6.55. The molecule has 0 radical (unpaired) electrons. The summed E-state index contributed by atoms with van der Waals surface area (Å²) in [5.74, 6) is 0.756. The smallest absolute Gasteiger partial charge is 0.253 e. The van der Waals surface area contributed by atoms with Gasteiger partial charge in [0.2, 0.25) is 0 Å². The van der Waals surface area contributed by atoms with E-state index in [0.29, 0.717) is 17.2 Å². The number of nitrogens with zero attached hydrogens (tertiary/aromatic N) is 2. The predicted molar refractivity (Wildman–Crippen MR) is 141 cm³/mol. The molecule has 0 spiro atoms. The second kappa shape index (κ2) is 11.8. The van der Waals surface area contributed by atoms with E-state index < -0.39 is 0 Å². The number of rotatable bonds is 10. The number of pyridine rings is 1. The van der Waals surface area contributed by atoms with Crippen LogP contribution in [0.15, 0.2) is 53.3 Å². The molecular formula is C26H34N4O2S. The van der Waals surface area contributed by atoms with E-state index in [9.17, 15) is 4.79 Å². The van der Waals surface area contributed by atoms with Crippen molar-refractivity contribution in [3.8, 4) is 5.75 Å². The van der Waals surface area contributed by atoms with E-state index in [1.165, 1.54) is 5.56 Å². The Bertz CT molecular complexity index is 1120. The average molecular weight is 467 g/mol. The topological polar surface area (TPSA) is 60.6 Å². The first-order valence-electron chi connectivity index (χ1n) is 11.5. The van der Waals surface area contributed by atoms with Gasteiger partial charge in [0, 0.05) is 35.2 Å². The molecule has 176 valence electrons. The maximum absolute atomic E-state index is 12.8. The van der Waals surface area contributed by atoms with Crippen LogP contribution in [-0.2, 0) is 13.0 Å². The molecule has 0 saturated heterocycles. The summed E-state index contributed by atoms with van der Waals surface area (Å²) in [5, 5.41) is 4.89. The molecule has 0 unspecified atom stereocenters. The summed E-state index contributed by atoms with van der Waals surface area (Å²) in [6.07, 6.45) is 0.996. The van der Waals surface area contributed by atoms with E-state index in [0.717, 1.165) is 54.9 Å². The molecule has 3 rings (SSSR count). The largest absolute Gasteiger partial charge is 0.497 e. The molecule has 0 fully saturated rings. The number of aryl methyl sites for hydroxylation is 1. The normalized spacial score (nSPS) is 11.1. The van der Waals surface area contributed by atoms with Gasteiger partial charge in [-0.1, -0.05) is 32.9 Å². The highest BCUT2D eigenvalue weighted by Gasteiger charge is 2.15. The Morgan fingerprint density at radius 2 is 1.76 bits per heavy atom. The number of H-pyrrole nitrogens is 1. The minimum Gasteiger partial charge on any atom is -0.497 e. The van der Waals surface area contributed by atoms with Crippen LogP contribution in [0.4, 0.5) is 5.69 Å². The number of fused-ring (bicyclic) bond motifs is 1. The molecule has 0 aliphatic carbocycles. The monoisotopic (exact) mass is 466 g/mol. The summed E-state index contributed by atoms with van der Waals surface area (Å²) < 4.78 is 5.35. The zero-order valence-electron chi connectivity index (χ0n) is 20.0. The van der Waals surface area contributed by atoms with Crippen molar-refractivity contribution < 1.29 is 4.74 Å². The van der Waals surface area contributed by atoms with Gasteiger partial charge in [-0.05, 0) is 73.7 Å². The molecule has 7 heteroatoms. The van der Waals surface area contributed by atoms with Gasteiger partial charge in [0.25, 0.3) is 5.56 Å². The van der Waals surface area contributed by atoms with Crippen LogP contribution in [0.1, 0.15) is 31.9 Å². The summed E-state index contributed by atoms with van der Waals surface area (Å²) in [6.45, 7) is 10.4. The molecular weight excluding hydrogens is 432 g/mol. The highest BCUT2D eigenvalue weighted by molar-refractivity contribution is 7.80. The van der Waals surface area contributed by atoms with Crippen molar-refractivity contribution >= 4 is 33.9 Å². The summed E-state index contributed by atoms with van der Waals surface area (Å²) >= 11 is 5.79. The molecule has 6 nitrogen and oxygen atoms in total. The number of thiocarbonyl (C=S) groups is 1. The molecule has 0 atom stereocenters. The molecule has 0 aliphatic rings. The number of ether oxygens (including phenoxy) is 1. The minimum atomic E-state index is -0.101. The van der Waals surface area contributed by atoms with E-state index in [1.54, 1.807) is 7.11 Å². The van der Waals surface area contributed by atoms with Gasteiger partial charge in [-0.3, -0.25) is 4.79 Å². The Labute approximate surface area is 201 Å². The lowest BCUT2D eigenvalue weighted by Crippen LogP contribution is -2.41. The number of hydrogen-bond donors (Lipinski definition) is 2. The first-order valence-corrected chi connectivity index (χ1v) is 11.9. The summed E-state index contributed by atoms with van der Waals surface area (Å²) in [6, 6.07) is 15.9. The number of nitrogens with one attached hydrogen (secondary N) is 2. The fraction of sp³-hybridized carbons (Fsp3) is 0.385. The van der Waals surface area contributed by atoms with Gasteiger partial charge in [0.05, 0.1) is 13.7 Å². The van der Waals surface area contributed by atoms with E-state index in [4.69, 9.17) is 17.0 Å². The maximum Gasteiger partial charge on any atom is 0.253 e. The molecule has 2 N–H and O–H groups in total. The molecule has 2 aromatic carbocycles.